The minimum atomic E-state index is 0.140. The van der Waals surface area contributed by atoms with Gasteiger partial charge in [0, 0.05) is 18.7 Å². The summed E-state index contributed by atoms with van der Waals surface area (Å²) in [5, 5.41) is 12.9. The molecule has 5 heteroatoms. The van der Waals surface area contributed by atoms with E-state index in [9.17, 15) is 5.11 Å². The van der Waals surface area contributed by atoms with Gasteiger partial charge in [0.25, 0.3) is 0 Å². The molecule has 0 radical (unpaired) electrons. The molecular weight excluding hydrogens is 282 g/mol. The van der Waals surface area contributed by atoms with Crippen molar-refractivity contribution in [3.05, 3.63) is 47.5 Å². The molecule has 0 bridgehead atoms. The molecule has 2 aromatic carbocycles. The Bertz CT molecular complexity index is 628. The first-order valence-electron chi connectivity index (χ1n) is 6.96. The summed E-state index contributed by atoms with van der Waals surface area (Å²) >= 11 is 0. The topological polar surface area (TPSA) is 60.0 Å². The lowest BCUT2D eigenvalue weighted by Gasteiger charge is -2.13. The van der Waals surface area contributed by atoms with Gasteiger partial charge in [-0.2, -0.15) is 0 Å². The maximum Gasteiger partial charge on any atom is 0.165 e. The zero-order chi connectivity index (χ0) is 15.9. The molecule has 0 spiro atoms. The lowest BCUT2D eigenvalue weighted by molar-refractivity contribution is 0.350. The quantitative estimate of drug-likeness (QED) is 0.823. The number of nitrogens with one attached hydrogen (secondary N) is 1. The van der Waals surface area contributed by atoms with E-state index in [0.29, 0.717) is 24.6 Å². The molecule has 0 heterocycles. The molecule has 0 saturated heterocycles. The van der Waals surface area contributed by atoms with Crippen LogP contribution >= 0.6 is 0 Å². The van der Waals surface area contributed by atoms with Gasteiger partial charge < -0.3 is 24.6 Å². The van der Waals surface area contributed by atoms with Crippen molar-refractivity contribution >= 4 is 0 Å². The van der Waals surface area contributed by atoms with Crippen LogP contribution in [0.2, 0.25) is 0 Å². The van der Waals surface area contributed by atoms with E-state index in [4.69, 9.17) is 14.2 Å². The first-order chi connectivity index (χ1) is 10.7. The molecule has 0 fully saturated rings. The molecule has 0 aromatic heterocycles. The summed E-state index contributed by atoms with van der Waals surface area (Å²) in [5.41, 5.74) is 2.05. The summed E-state index contributed by atoms with van der Waals surface area (Å²) in [4.78, 5) is 0. The van der Waals surface area contributed by atoms with E-state index < -0.39 is 0 Å². The smallest absolute Gasteiger partial charge is 0.165 e. The van der Waals surface area contributed by atoms with Crippen LogP contribution in [0, 0.1) is 0 Å². The van der Waals surface area contributed by atoms with Crippen molar-refractivity contribution in [3.63, 3.8) is 0 Å². The Kier molecular flexibility index (Phi) is 5.49. The van der Waals surface area contributed by atoms with Crippen molar-refractivity contribution < 1.29 is 19.3 Å². The highest BCUT2D eigenvalue weighted by Gasteiger charge is 2.09. The Balaban J connectivity index is 2.02. The van der Waals surface area contributed by atoms with Crippen LogP contribution in [-0.4, -0.2) is 26.4 Å². The Hall–Kier alpha value is -2.40. The van der Waals surface area contributed by atoms with Crippen LogP contribution in [0.25, 0.3) is 0 Å². The van der Waals surface area contributed by atoms with Gasteiger partial charge in [-0.3, -0.25) is 0 Å². The molecule has 118 valence electrons. The molecule has 2 rings (SSSR count). The highest BCUT2D eigenvalue weighted by molar-refractivity contribution is 5.46. The predicted molar refractivity (Wildman–Crippen MR) is 84.7 cm³/mol. The third-order valence-electron chi connectivity index (χ3n) is 3.37. The summed E-state index contributed by atoms with van der Waals surface area (Å²) in [6.07, 6.45) is 0. The molecule has 0 aliphatic carbocycles. The third kappa shape index (κ3) is 3.62. The van der Waals surface area contributed by atoms with E-state index in [-0.39, 0.29) is 5.75 Å². The van der Waals surface area contributed by atoms with Gasteiger partial charge in [0.05, 0.1) is 21.3 Å². The summed E-state index contributed by atoms with van der Waals surface area (Å²) in [5.74, 6) is 2.06. The number of hydrogen-bond acceptors (Lipinski definition) is 5. The van der Waals surface area contributed by atoms with Gasteiger partial charge in [-0.1, -0.05) is 18.2 Å². The van der Waals surface area contributed by atoms with Crippen molar-refractivity contribution in [1.82, 2.24) is 5.32 Å². The summed E-state index contributed by atoms with van der Waals surface area (Å²) in [6, 6.07) is 11.1. The van der Waals surface area contributed by atoms with Crippen molar-refractivity contribution in [1.29, 1.82) is 0 Å². The number of benzene rings is 2. The van der Waals surface area contributed by atoms with E-state index >= 15 is 0 Å². The molecular formula is C17H21NO4. The molecule has 0 atom stereocenters. The second-order valence-electron chi connectivity index (χ2n) is 4.76. The van der Waals surface area contributed by atoms with E-state index in [1.54, 1.807) is 20.3 Å². The standard InChI is InChI=1S/C17H21NO4/c1-20-15-6-4-5-13(17(15)22-3)11-18-10-12-7-8-14(19)16(9-12)21-2/h4-9,18-19H,10-11H2,1-3H3. The van der Waals surface area contributed by atoms with Gasteiger partial charge in [-0.05, 0) is 23.8 Å². The van der Waals surface area contributed by atoms with Crippen LogP contribution in [0.4, 0.5) is 0 Å². The monoisotopic (exact) mass is 303 g/mol. The Morgan fingerprint density at radius 3 is 2.36 bits per heavy atom. The molecule has 22 heavy (non-hydrogen) atoms. The van der Waals surface area contributed by atoms with Crippen LogP contribution < -0.4 is 19.5 Å². The third-order valence-corrected chi connectivity index (χ3v) is 3.37. The van der Waals surface area contributed by atoms with Crippen molar-refractivity contribution in [2.75, 3.05) is 21.3 Å². The number of phenols is 1. The van der Waals surface area contributed by atoms with Crippen molar-refractivity contribution in [2.24, 2.45) is 0 Å². The second kappa shape index (κ2) is 7.56. The summed E-state index contributed by atoms with van der Waals surface area (Å²) in [6.45, 7) is 1.29. The minimum Gasteiger partial charge on any atom is -0.504 e. The lowest BCUT2D eigenvalue weighted by Crippen LogP contribution is -2.13. The molecule has 2 aromatic rings. The summed E-state index contributed by atoms with van der Waals surface area (Å²) < 4.78 is 15.8. The fourth-order valence-electron chi connectivity index (χ4n) is 2.27. The maximum absolute atomic E-state index is 9.59. The Morgan fingerprint density at radius 1 is 0.909 bits per heavy atom. The molecule has 2 N–H and O–H groups in total. The Morgan fingerprint density at radius 2 is 1.68 bits per heavy atom. The number of ether oxygens (including phenoxy) is 3. The number of aromatic hydroxyl groups is 1. The van der Waals surface area contributed by atoms with Gasteiger partial charge in [0.15, 0.2) is 23.0 Å². The number of para-hydroxylation sites is 1. The zero-order valence-corrected chi connectivity index (χ0v) is 13.1. The van der Waals surface area contributed by atoms with Crippen LogP contribution in [0.15, 0.2) is 36.4 Å². The zero-order valence-electron chi connectivity index (χ0n) is 13.1. The average molecular weight is 303 g/mol. The SMILES string of the molecule is COc1cc(CNCc2cccc(OC)c2OC)ccc1O. The van der Waals surface area contributed by atoms with Gasteiger partial charge in [-0.25, -0.2) is 0 Å². The lowest BCUT2D eigenvalue weighted by atomic mass is 10.1. The van der Waals surface area contributed by atoms with Gasteiger partial charge in [0.1, 0.15) is 0 Å². The number of hydrogen-bond donors (Lipinski definition) is 2. The van der Waals surface area contributed by atoms with Gasteiger partial charge >= 0.3 is 0 Å². The van der Waals surface area contributed by atoms with E-state index in [0.717, 1.165) is 16.9 Å². The number of methoxy groups -OCH3 is 3. The van der Waals surface area contributed by atoms with Crippen LogP contribution in [0.1, 0.15) is 11.1 Å². The first-order valence-corrected chi connectivity index (χ1v) is 6.96. The first kappa shape index (κ1) is 16.0. The highest BCUT2D eigenvalue weighted by atomic mass is 16.5. The number of phenolic OH excluding ortho intramolecular Hbond substituents is 1. The van der Waals surface area contributed by atoms with Crippen LogP contribution in [0.5, 0.6) is 23.0 Å². The largest absolute Gasteiger partial charge is 0.504 e. The molecule has 5 nitrogen and oxygen atoms in total. The van der Waals surface area contributed by atoms with E-state index in [2.05, 4.69) is 5.32 Å². The van der Waals surface area contributed by atoms with Crippen LogP contribution in [-0.2, 0) is 13.1 Å². The maximum atomic E-state index is 9.59. The predicted octanol–water partition coefficient (Wildman–Crippen LogP) is 2.71. The molecule has 0 aliphatic rings. The number of rotatable bonds is 7. The molecule has 0 saturated carbocycles. The average Bonchev–Trinajstić information content (AvgIpc) is 2.55. The summed E-state index contributed by atoms with van der Waals surface area (Å²) in [7, 11) is 4.79. The fourth-order valence-corrected chi connectivity index (χ4v) is 2.27. The van der Waals surface area contributed by atoms with Crippen molar-refractivity contribution in [2.45, 2.75) is 13.1 Å². The molecule has 0 aliphatic heterocycles. The second-order valence-corrected chi connectivity index (χ2v) is 4.76. The molecule has 0 amide bonds. The van der Waals surface area contributed by atoms with E-state index in [1.807, 2.05) is 30.3 Å². The fraction of sp³-hybridized carbons (Fsp3) is 0.294. The minimum absolute atomic E-state index is 0.140. The normalized spacial score (nSPS) is 10.3. The Labute approximate surface area is 130 Å². The van der Waals surface area contributed by atoms with Gasteiger partial charge in [-0.15, -0.1) is 0 Å². The van der Waals surface area contributed by atoms with E-state index in [1.165, 1.54) is 7.11 Å². The molecule has 0 unspecified atom stereocenters. The highest BCUT2D eigenvalue weighted by Crippen LogP contribution is 2.30. The van der Waals surface area contributed by atoms with Crippen LogP contribution in [0.3, 0.4) is 0 Å². The van der Waals surface area contributed by atoms with Crippen molar-refractivity contribution in [3.8, 4) is 23.0 Å². The van der Waals surface area contributed by atoms with Gasteiger partial charge in [0.2, 0.25) is 0 Å².